The summed E-state index contributed by atoms with van der Waals surface area (Å²) >= 11 is 0. The molecule has 1 aromatic carbocycles. The molecule has 0 amide bonds. The minimum absolute atomic E-state index is 0.250. The van der Waals surface area contributed by atoms with E-state index in [-0.39, 0.29) is 6.47 Å². The van der Waals surface area contributed by atoms with Crippen molar-refractivity contribution in [3.63, 3.8) is 0 Å². The van der Waals surface area contributed by atoms with Crippen molar-refractivity contribution in [2.75, 3.05) is 13.2 Å². The second-order valence-electron chi connectivity index (χ2n) is 2.25. The van der Waals surface area contributed by atoms with Crippen molar-refractivity contribution in [3.05, 3.63) is 24.3 Å². The Morgan fingerprint density at radius 1 is 1.15 bits per heavy atom. The van der Waals surface area contributed by atoms with Crippen LogP contribution in [0.25, 0.3) is 0 Å². The van der Waals surface area contributed by atoms with Crippen molar-refractivity contribution in [2.45, 2.75) is 0 Å². The smallest absolute Gasteiger partial charge is 0.290 e. The van der Waals surface area contributed by atoms with Crippen molar-refractivity contribution in [1.29, 1.82) is 0 Å². The maximum absolute atomic E-state index is 8.36. The van der Waals surface area contributed by atoms with Crippen molar-refractivity contribution in [2.24, 2.45) is 0 Å². The number of hydrogen-bond acceptors (Lipinski definition) is 3. The number of carbonyl (C=O) groups is 1. The first kappa shape index (κ1) is 9.38. The minimum Gasteiger partial charge on any atom is -0.486 e. The molecule has 0 spiro atoms. The Morgan fingerprint density at radius 2 is 1.54 bits per heavy atom. The molecule has 4 nitrogen and oxygen atoms in total. The van der Waals surface area contributed by atoms with Gasteiger partial charge in [0.15, 0.2) is 11.5 Å². The molecule has 0 radical (unpaired) electrons. The maximum Gasteiger partial charge on any atom is 0.290 e. The fourth-order valence-electron chi connectivity index (χ4n) is 0.992. The van der Waals surface area contributed by atoms with Gasteiger partial charge < -0.3 is 14.6 Å². The average Bonchev–Trinajstić information content (AvgIpc) is 2.19. The summed E-state index contributed by atoms with van der Waals surface area (Å²) in [6, 6.07) is 7.70. The third-order valence-corrected chi connectivity index (χ3v) is 1.45. The van der Waals surface area contributed by atoms with Gasteiger partial charge in [-0.05, 0) is 12.1 Å². The Morgan fingerprint density at radius 3 is 1.92 bits per heavy atom. The molecule has 1 aliphatic rings. The predicted molar refractivity (Wildman–Crippen MR) is 46.1 cm³/mol. The summed E-state index contributed by atoms with van der Waals surface area (Å²) in [5.74, 6) is 1.71. The Kier molecular flexibility index (Phi) is 3.63. The Bertz CT molecular complexity index is 247. The zero-order valence-corrected chi connectivity index (χ0v) is 6.97. The fraction of sp³-hybridized carbons (Fsp3) is 0.222. The van der Waals surface area contributed by atoms with Gasteiger partial charge in [0.2, 0.25) is 0 Å². The van der Waals surface area contributed by atoms with Crippen LogP contribution in [0.4, 0.5) is 0 Å². The van der Waals surface area contributed by atoms with Gasteiger partial charge in [-0.2, -0.15) is 0 Å². The largest absolute Gasteiger partial charge is 0.486 e. The highest BCUT2D eigenvalue weighted by atomic mass is 16.6. The standard InChI is InChI=1S/C8H8O2.CH2O2/c1-2-4-8-7(3-1)9-5-6-10-8;2-1-3/h1-4H,5-6H2;1H,(H,2,3). The van der Waals surface area contributed by atoms with Crippen LogP contribution < -0.4 is 9.47 Å². The second-order valence-corrected chi connectivity index (χ2v) is 2.25. The van der Waals surface area contributed by atoms with E-state index in [1.807, 2.05) is 24.3 Å². The van der Waals surface area contributed by atoms with Gasteiger partial charge in [0.05, 0.1) is 0 Å². The number of para-hydroxylation sites is 2. The van der Waals surface area contributed by atoms with Crippen LogP contribution in [-0.2, 0) is 4.79 Å². The van der Waals surface area contributed by atoms with Crippen LogP contribution in [0.15, 0.2) is 24.3 Å². The quantitative estimate of drug-likeness (QED) is 0.611. The number of fused-ring (bicyclic) bond motifs is 1. The van der Waals surface area contributed by atoms with Gasteiger partial charge in [0, 0.05) is 0 Å². The molecule has 0 unspecified atom stereocenters. The maximum atomic E-state index is 8.36. The molecule has 0 saturated heterocycles. The summed E-state index contributed by atoms with van der Waals surface area (Å²) in [7, 11) is 0. The van der Waals surface area contributed by atoms with Gasteiger partial charge in [-0.3, -0.25) is 4.79 Å². The predicted octanol–water partition coefficient (Wildman–Crippen LogP) is 1.16. The van der Waals surface area contributed by atoms with Gasteiger partial charge >= 0.3 is 0 Å². The number of benzene rings is 1. The number of ether oxygens (including phenoxy) is 2. The molecule has 1 aliphatic heterocycles. The average molecular weight is 182 g/mol. The molecule has 0 atom stereocenters. The van der Waals surface area contributed by atoms with Crippen LogP contribution in [0, 0.1) is 0 Å². The van der Waals surface area contributed by atoms with Crippen LogP contribution >= 0.6 is 0 Å². The highest BCUT2D eigenvalue weighted by Crippen LogP contribution is 2.28. The fourth-order valence-corrected chi connectivity index (χ4v) is 0.992. The SMILES string of the molecule is O=CO.c1ccc2c(c1)OCCO2. The summed E-state index contributed by atoms with van der Waals surface area (Å²) < 4.78 is 10.6. The molecular formula is C9H10O4. The molecule has 4 heteroatoms. The topological polar surface area (TPSA) is 55.8 Å². The van der Waals surface area contributed by atoms with E-state index in [1.165, 1.54) is 0 Å². The van der Waals surface area contributed by atoms with E-state index in [0.29, 0.717) is 13.2 Å². The van der Waals surface area contributed by atoms with E-state index in [4.69, 9.17) is 19.4 Å². The van der Waals surface area contributed by atoms with Gasteiger partial charge in [0.1, 0.15) is 13.2 Å². The lowest BCUT2D eigenvalue weighted by atomic mass is 10.3. The molecule has 13 heavy (non-hydrogen) atoms. The molecule has 0 fully saturated rings. The summed E-state index contributed by atoms with van der Waals surface area (Å²) in [4.78, 5) is 8.36. The van der Waals surface area contributed by atoms with Crippen molar-refractivity contribution < 1.29 is 19.4 Å². The normalized spacial score (nSPS) is 12.3. The van der Waals surface area contributed by atoms with E-state index in [2.05, 4.69) is 0 Å². The minimum atomic E-state index is -0.250. The van der Waals surface area contributed by atoms with Crippen LogP contribution in [0.2, 0.25) is 0 Å². The van der Waals surface area contributed by atoms with Gasteiger partial charge in [-0.1, -0.05) is 12.1 Å². The summed E-state index contributed by atoms with van der Waals surface area (Å²) in [5, 5.41) is 6.89. The zero-order chi connectivity index (χ0) is 9.52. The van der Waals surface area contributed by atoms with E-state index in [1.54, 1.807) is 0 Å². The first-order chi connectivity index (χ1) is 6.38. The van der Waals surface area contributed by atoms with Crippen LogP contribution in [0.5, 0.6) is 11.5 Å². The molecular weight excluding hydrogens is 172 g/mol. The second kappa shape index (κ2) is 5.03. The van der Waals surface area contributed by atoms with Gasteiger partial charge in [0.25, 0.3) is 6.47 Å². The molecule has 1 heterocycles. The molecule has 70 valence electrons. The molecule has 0 aliphatic carbocycles. The molecule has 0 aromatic heterocycles. The van der Waals surface area contributed by atoms with Crippen molar-refractivity contribution in [1.82, 2.24) is 0 Å². The monoisotopic (exact) mass is 182 g/mol. The first-order valence-corrected chi connectivity index (χ1v) is 3.81. The van der Waals surface area contributed by atoms with Crippen LogP contribution in [0.3, 0.4) is 0 Å². The molecule has 0 bridgehead atoms. The van der Waals surface area contributed by atoms with Gasteiger partial charge in [-0.25, -0.2) is 0 Å². The van der Waals surface area contributed by atoms with E-state index in [9.17, 15) is 0 Å². The van der Waals surface area contributed by atoms with E-state index >= 15 is 0 Å². The highest BCUT2D eigenvalue weighted by Gasteiger charge is 2.07. The number of rotatable bonds is 0. The summed E-state index contributed by atoms with van der Waals surface area (Å²) in [6.07, 6.45) is 0. The Labute approximate surface area is 75.7 Å². The molecule has 2 rings (SSSR count). The summed E-state index contributed by atoms with van der Waals surface area (Å²) in [5.41, 5.74) is 0. The van der Waals surface area contributed by atoms with E-state index < -0.39 is 0 Å². The Hall–Kier alpha value is -1.71. The van der Waals surface area contributed by atoms with Crippen molar-refractivity contribution in [3.8, 4) is 11.5 Å². The lowest BCUT2D eigenvalue weighted by Crippen LogP contribution is -2.14. The van der Waals surface area contributed by atoms with Crippen molar-refractivity contribution >= 4 is 6.47 Å². The zero-order valence-electron chi connectivity index (χ0n) is 6.97. The van der Waals surface area contributed by atoms with Crippen LogP contribution in [-0.4, -0.2) is 24.8 Å². The molecule has 1 N–H and O–H groups in total. The van der Waals surface area contributed by atoms with Gasteiger partial charge in [-0.15, -0.1) is 0 Å². The third kappa shape index (κ3) is 2.66. The number of carboxylic acid groups (broad SMARTS) is 1. The number of hydrogen-bond donors (Lipinski definition) is 1. The lowest BCUT2D eigenvalue weighted by Gasteiger charge is -2.17. The highest BCUT2D eigenvalue weighted by molar-refractivity contribution is 5.40. The third-order valence-electron chi connectivity index (χ3n) is 1.45. The lowest BCUT2D eigenvalue weighted by molar-refractivity contribution is -0.122. The molecule has 0 saturated carbocycles. The molecule has 1 aromatic rings. The Balaban J connectivity index is 0.000000251. The van der Waals surface area contributed by atoms with E-state index in [0.717, 1.165) is 11.5 Å². The summed E-state index contributed by atoms with van der Waals surface area (Å²) in [6.45, 7) is 1.08. The first-order valence-electron chi connectivity index (χ1n) is 3.81. The van der Waals surface area contributed by atoms with Crippen LogP contribution in [0.1, 0.15) is 0 Å².